The van der Waals surface area contributed by atoms with Crippen molar-refractivity contribution in [3.63, 3.8) is 0 Å². The lowest BCUT2D eigenvalue weighted by atomic mass is 10.1. The summed E-state index contributed by atoms with van der Waals surface area (Å²) in [5, 5.41) is 10.2. The molecule has 1 aliphatic heterocycles. The van der Waals surface area contributed by atoms with E-state index in [0.717, 1.165) is 81.3 Å². The quantitative estimate of drug-likeness (QED) is 0.263. The number of anilines is 3. The van der Waals surface area contributed by atoms with Crippen molar-refractivity contribution in [3.05, 3.63) is 65.9 Å². The average Bonchev–Trinajstić information content (AvgIpc) is 2.93. The lowest BCUT2D eigenvalue weighted by Gasteiger charge is -2.33. The summed E-state index contributed by atoms with van der Waals surface area (Å²) in [5.41, 5.74) is 6.48. The Hall–Kier alpha value is -3.37. The van der Waals surface area contributed by atoms with Crippen molar-refractivity contribution in [2.75, 3.05) is 70.5 Å². The lowest BCUT2D eigenvalue weighted by Crippen LogP contribution is -2.46. The standard InChI is InChI=1S/C31H44N8O/c1-24(2)34-28-19-26(23-39-15-13-38(14-16-39)17-18-40)20-29(21-28)35-31-33-10-9-30(36-31)27-7-5-25(6-8-27)22-37(4)12-11-32-3/h5-10,18-21,24,32,34H,11-17,22-23H2,1-4H3,(H,33,35,36). The summed E-state index contributed by atoms with van der Waals surface area (Å²) in [6, 6.07) is 17.4. The molecule has 0 spiro atoms. The van der Waals surface area contributed by atoms with Gasteiger partial charge in [-0.1, -0.05) is 24.3 Å². The molecule has 1 saturated heterocycles. The Morgan fingerprint density at radius 2 is 1.70 bits per heavy atom. The number of nitrogens with one attached hydrogen (secondary N) is 3. The smallest absolute Gasteiger partial charge is 0.227 e. The predicted octanol–water partition coefficient (Wildman–Crippen LogP) is 3.68. The molecule has 1 aromatic heterocycles. The molecule has 3 aromatic rings. The van der Waals surface area contributed by atoms with Gasteiger partial charge >= 0.3 is 0 Å². The Bertz CT molecular complexity index is 1210. The second-order valence-corrected chi connectivity index (χ2v) is 10.9. The number of likely N-dealkylation sites (N-methyl/N-ethyl adjacent to an activating group) is 2. The van der Waals surface area contributed by atoms with Crippen LogP contribution in [0.2, 0.25) is 0 Å². The molecule has 0 amide bonds. The molecule has 40 heavy (non-hydrogen) atoms. The van der Waals surface area contributed by atoms with Gasteiger partial charge in [0.15, 0.2) is 0 Å². The van der Waals surface area contributed by atoms with Gasteiger partial charge in [0.05, 0.1) is 12.2 Å². The van der Waals surface area contributed by atoms with E-state index in [0.29, 0.717) is 18.5 Å². The summed E-state index contributed by atoms with van der Waals surface area (Å²) in [4.78, 5) is 27.1. The lowest BCUT2D eigenvalue weighted by molar-refractivity contribution is -0.109. The van der Waals surface area contributed by atoms with Crippen LogP contribution in [0.5, 0.6) is 0 Å². The molecule has 2 aromatic carbocycles. The van der Waals surface area contributed by atoms with E-state index in [1.54, 1.807) is 6.20 Å². The van der Waals surface area contributed by atoms with E-state index in [1.165, 1.54) is 11.1 Å². The van der Waals surface area contributed by atoms with Crippen LogP contribution in [0.25, 0.3) is 11.3 Å². The Labute approximate surface area is 239 Å². The zero-order valence-corrected chi connectivity index (χ0v) is 24.4. The second kappa shape index (κ2) is 14.9. The van der Waals surface area contributed by atoms with E-state index in [2.05, 4.69) is 99.0 Å². The third-order valence-electron chi connectivity index (χ3n) is 7.01. The van der Waals surface area contributed by atoms with Crippen molar-refractivity contribution >= 4 is 23.6 Å². The largest absolute Gasteiger partial charge is 0.383 e. The Balaban J connectivity index is 1.45. The molecule has 0 aliphatic carbocycles. The van der Waals surface area contributed by atoms with E-state index >= 15 is 0 Å². The molecule has 4 rings (SSSR count). The summed E-state index contributed by atoms with van der Waals surface area (Å²) >= 11 is 0. The van der Waals surface area contributed by atoms with Gasteiger partial charge in [0.1, 0.15) is 6.29 Å². The van der Waals surface area contributed by atoms with Gasteiger partial charge in [-0.15, -0.1) is 0 Å². The molecule has 1 fully saturated rings. The van der Waals surface area contributed by atoms with E-state index in [1.807, 2.05) is 13.1 Å². The number of hydrogen-bond acceptors (Lipinski definition) is 9. The summed E-state index contributed by atoms with van der Waals surface area (Å²) in [6.07, 6.45) is 2.80. The summed E-state index contributed by atoms with van der Waals surface area (Å²) in [7, 11) is 4.12. The van der Waals surface area contributed by atoms with Crippen LogP contribution in [-0.4, -0.2) is 96.9 Å². The molecule has 0 bridgehead atoms. The van der Waals surface area contributed by atoms with Crippen molar-refractivity contribution in [1.29, 1.82) is 0 Å². The highest BCUT2D eigenvalue weighted by molar-refractivity contribution is 5.65. The maximum absolute atomic E-state index is 10.9. The molecule has 3 N–H and O–H groups in total. The SMILES string of the molecule is CNCCN(C)Cc1ccc(-c2ccnc(Nc3cc(CN4CCN(CC=O)CC4)cc(NC(C)C)c3)n2)cc1. The van der Waals surface area contributed by atoms with Crippen LogP contribution in [0.3, 0.4) is 0 Å². The number of carbonyl (C=O) groups excluding carboxylic acids is 1. The van der Waals surface area contributed by atoms with E-state index in [-0.39, 0.29) is 0 Å². The van der Waals surface area contributed by atoms with Gasteiger partial charge in [0, 0.05) is 81.5 Å². The van der Waals surface area contributed by atoms with Crippen LogP contribution in [0.15, 0.2) is 54.7 Å². The van der Waals surface area contributed by atoms with Crippen LogP contribution < -0.4 is 16.0 Å². The van der Waals surface area contributed by atoms with Crippen molar-refractivity contribution in [2.45, 2.75) is 33.0 Å². The molecule has 0 atom stereocenters. The highest BCUT2D eigenvalue weighted by Gasteiger charge is 2.17. The number of piperazine rings is 1. The third-order valence-corrected chi connectivity index (χ3v) is 7.01. The first-order valence-corrected chi connectivity index (χ1v) is 14.2. The maximum atomic E-state index is 10.9. The Morgan fingerprint density at radius 3 is 2.40 bits per heavy atom. The zero-order valence-electron chi connectivity index (χ0n) is 24.4. The number of carbonyl (C=O) groups is 1. The summed E-state index contributed by atoms with van der Waals surface area (Å²) < 4.78 is 0. The molecule has 1 aliphatic rings. The minimum atomic E-state index is 0.320. The number of benzene rings is 2. The highest BCUT2D eigenvalue weighted by Crippen LogP contribution is 2.25. The number of rotatable bonds is 14. The topological polar surface area (TPSA) is 88.7 Å². The summed E-state index contributed by atoms with van der Waals surface area (Å²) in [6.45, 7) is 12.3. The van der Waals surface area contributed by atoms with Crippen LogP contribution in [0, 0.1) is 0 Å². The van der Waals surface area contributed by atoms with Crippen molar-refractivity contribution in [1.82, 2.24) is 30.0 Å². The minimum absolute atomic E-state index is 0.320. The molecule has 0 saturated carbocycles. The number of hydrogen-bond donors (Lipinski definition) is 3. The van der Waals surface area contributed by atoms with Gasteiger partial charge in [-0.3, -0.25) is 9.80 Å². The monoisotopic (exact) mass is 544 g/mol. The first kappa shape index (κ1) is 29.6. The molecular formula is C31H44N8O. The fourth-order valence-corrected chi connectivity index (χ4v) is 4.95. The van der Waals surface area contributed by atoms with Gasteiger partial charge in [-0.2, -0.15) is 0 Å². The molecule has 214 valence electrons. The predicted molar refractivity (Wildman–Crippen MR) is 164 cm³/mol. The molecule has 0 radical (unpaired) electrons. The second-order valence-electron chi connectivity index (χ2n) is 10.9. The zero-order chi connectivity index (χ0) is 28.3. The molecular weight excluding hydrogens is 500 g/mol. The van der Waals surface area contributed by atoms with Crippen LogP contribution >= 0.6 is 0 Å². The first-order chi connectivity index (χ1) is 19.4. The molecule has 0 unspecified atom stereocenters. The molecule has 9 heteroatoms. The van der Waals surface area contributed by atoms with E-state index in [9.17, 15) is 4.79 Å². The third kappa shape index (κ3) is 9.09. The van der Waals surface area contributed by atoms with Crippen LogP contribution in [-0.2, 0) is 17.9 Å². The Morgan fingerprint density at radius 1 is 0.975 bits per heavy atom. The fourth-order valence-electron chi connectivity index (χ4n) is 4.95. The molecule has 2 heterocycles. The molecule has 9 nitrogen and oxygen atoms in total. The number of aldehydes is 1. The average molecular weight is 545 g/mol. The van der Waals surface area contributed by atoms with E-state index in [4.69, 9.17) is 4.98 Å². The Kier molecular flexibility index (Phi) is 11.0. The first-order valence-electron chi connectivity index (χ1n) is 14.2. The van der Waals surface area contributed by atoms with Crippen molar-refractivity contribution in [3.8, 4) is 11.3 Å². The fraction of sp³-hybridized carbons (Fsp3) is 0.452. The van der Waals surface area contributed by atoms with Crippen LogP contribution in [0.1, 0.15) is 25.0 Å². The van der Waals surface area contributed by atoms with Gasteiger partial charge in [-0.25, -0.2) is 9.97 Å². The highest BCUT2D eigenvalue weighted by atomic mass is 16.1. The van der Waals surface area contributed by atoms with E-state index < -0.39 is 0 Å². The maximum Gasteiger partial charge on any atom is 0.227 e. The van der Waals surface area contributed by atoms with Gasteiger partial charge in [-0.05, 0) is 63.3 Å². The van der Waals surface area contributed by atoms with Gasteiger partial charge in [0.2, 0.25) is 5.95 Å². The number of aromatic nitrogens is 2. The van der Waals surface area contributed by atoms with Gasteiger partial charge < -0.3 is 25.6 Å². The van der Waals surface area contributed by atoms with Gasteiger partial charge in [0.25, 0.3) is 0 Å². The summed E-state index contributed by atoms with van der Waals surface area (Å²) in [5.74, 6) is 0.573. The van der Waals surface area contributed by atoms with Crippen molar-refractivity contribution < 1.29 is 4.79 Å². The van der Waals surface area contributed by atoms with Crippen LogP contribution in [0.4, 0.5) is 17.3 Å². The van der Waals surface area contributed by atoms with Crippen molar-refractivity contribution in [2.24, 2.45) is 0 Å². The number of nitrogens with zero attached hydrogens (tertiary/aromatic N) is 5. The normalized spacial score (nSPS) is 14.6. The minimum Gasteiger partial charge on any atom is -0.383 e.